The minimum absolute atomic E-state index is 0.113. The molecule has 0 unspecified atom stereocenters. The first-order chi connectivity index (χ1) is 14.9. The van der Waals surface area contributed by atoms with Gasteiger partial charge in [-0.05, 0) is 79.6 Å². The molecule has 0 saturated heterocycles. The van der Waals surface area contributed by atoms with Crippen LogP contribution >= 0.6 is 0 Å². The van der Waals surface area contributed by atoms with Gasteiger partial charge in [0.05, 0.1) is 18.1 Å². The smallest absolute Gasteiger partial charge is 0.343 e. The topological polar surface area (TPSA) is 65.7 Å². The van der Waals surface area contributed by atoms with E-state index in [0.29, 0.717) is 27.8 Å². The summed E-state index contributed by atoms with van der Waals surface area (Å²) in [5.41, 5.74) is 2.24. The van der Waals surface area contributed by atoms with E-state index in [1.807, 2.05) is 13.0 Å². The lowest BCUT2D eigenvalue weighted by Gasteiger charge is -2.12. The van der Waals surface area contributed by atoms with Crippen molar-refractivity contribution in [2.75, 3.05) is 7.11 Å². The number of carbonyl (C=O) groups is 1. The van der Waals surface area contributed by atoms with E-state index in [0.717, 1.165) is 17.7 Å². The molecule has 0 saturated carbocycles. The number of aryl methyl sites for hydroxylation is 2. The Balaban J connectivity index is 1.92. The predicted molar refractivity (Wildman–Crippen MR) is 115 cm³/mol. The number of hydrogen-bond donors (Lipinski definition) is 0. The third kappa shape index (κ3) is 3.92. The Bertz CT molecular complexity index is 1340. The van der Waals surface area contributed by atoms with Gasteiger partial charge in [-0.3, -0.25) is 4.79 Å². The molecule has 0 aliphatic heterocycles. The molecule has 6 heteroatoms. The van der Waals surface area contributed by atoms with Crippen LogP contribution < -0.4 is 14.9 Å². The van der Waals surface area contributed by atoms with Crippen molar-refractivity contribution in [1.82, 2.24) is 0 Å². The number of esters is 1. The van der Waals surface area contributed by atoms with Crippen molar-refractivity contribution in [1.29, 1.82) is 0 Å². The minimum atomic E-state index is -0.786. The van der Waals surface area contributed by atoms with E-state index >= 15 is 0 Å². The van der Waals surface area contributed by atoms with Crippen molar-refractivity contribution >= 4 is 16.9 Å². The SMILES string of the molecule is COc1ccc(-c2oc3cc(C)cc(C)c3c(=O)c2OC(=O)c2ccc(F)cc2)cc1. The Morgan fingerprint density at radius 3 is 2.29 bits per heavy atom. The Labute approximate surface area is 177 Å². The number of carbonyl (C=O) groups excluding carboxylic acids is 1. The third-order valence-electron chi connectivity index (χ3n) is 4.92. The van der Waals surface area contributed by atoms with E-state index in [4.69, 9.17) is 13.9 Å². The first-order valence-electron chi connectivity index (χ1n) is 9.57. The summed E-state index contributed by atoms with van der Waals surface area (Å²) in [5.74, 6) is -0.735. The fraction of sp³-hybridized carbons (Fsp3) is 0.120. The highest BCUT2D eigenvalue weighted by Gasteiger charge is 2.22. The van der Waals surface area contributed by atoms with Crippen LogP contribution in [0.4, 0.5) is 4.39 Å². The Kier molecular flexibility index (Phi) is 5.29. The summed E-state index contributed by atoms with van der Waals surface area (Å²) in [6, 6.07) is 15.4. The fourth-order valence-corrected chi connectivity index (χ4v) is 3.44. The van der Waals surface area contributed by atoms with Crippen LogP contribution in [0, 0.1) is 19.7 Å². The molecule has 156 valence electrons. The van der Waals surface area contributed by atoms with Crippen LogP contribution in [0.3, 0.4) is 0 Å². The average Bonchev–Trinajstić information content (AvgIpc) is 2.75. The summed E-state index contributed by atoms with van der Waals surface area (Å²) in [6.07, 6.45) is 0. The normalized spacial score (nSPS) is 10.8. The van der Waals surface area contributed by atoms with Gasteiger partial charge in [-0.15, -0.1) is 0 Å². The molecule has 0 spiro atoms. The van der Waals surface area contributed by atoms with E-state index in [9.17, 15) is 14.0 Å². The second-order valence-electron chi connectivity index (χ2n) is 7.17. The van der Waals surface area contributed by atoms with E-state index in [2.05, 4.69) is 0 Å². The summed E-state index contributed by atoms with van der Waals surface area (Å²) >= 11 is 0. The molecule has 0 aliphatic carbocycles. The second-order valence-corrected chi connectivity index (χ2v) is 7.17. The van der Waals surface area contributed by atoms with Gasteiger partial charge >= 0.3 is 5.97 Å². The number of fused-ring (bicyclic) bond motifs is 1. The van der Waals surface area contributed by atoms with Crippen molar-refractivity contribution in [3.8, 4) is 22.8 Å². The number of benzene rings is 3. The Morgan fingerprint density at radius 2 is 1.65 bits per heavy atom. The molecule has 0 atom stereocenters. The Hall–Kier alpha value is -3.93. The van der Waals surface area contributed by atoms with Gasteiger partial charge in [0.15, 0.2) is 5.76 Å². The molecule has 0 radical (unpaired) electrons. The maximum atomic E-state index is 13.4. The lowest BCUT2D eigenvalue weighted by atomic mass is 10.0. The molecule has 4 aromatic rings. The van der Waals surface area contributed by atoms with E-state index < -0.39 is 17.2 Å². The van der Waals surface area contributed by atoms with Crippen LogP contribution in [-0.4, -0.2) is 13.1 Å². The molecule has 0 amide bonds. The molecule has 3 aromatic carbocycles. The van der Waals surface area contributed by atoms with Crippen molar-refractivity contribution in [3.05, 3.63) is 93.4 Å². The fourth-order valence-electron chi connectivity index (χ4n) is 3.44. The van der Waals surface area contributed by atoms with Crippen LogP contribution in [0.2, 0.25) is 0 Å². The van der Waals surface area contributed by atoms with Gasteiger partial charge in [-0.25, -0.2) is 9.18 Å². The molecular weight excluding hydrogens is 399 g/mol. The zero-order chi connectivity index (χ0) is 22.1. The number of methoxy groups -OCH3 is 1. The lowest BCUT2D eigenvalue weighted by Crippen LogP contribution is -2.17. The maximum absolute atomic E-state index is 13.4. The van der Waals surface area contributed by atoms with Gasteiger partial charge in [0.2, 0.25) is 11.2 Å². The molecule has 0 fully saturated rings. The van der Waals surface area contributed by atoms with E-state index in [1.165, 1.54) is 12.1 Å². The summed E-state index contributed by atoms with van der Waals surface area (Å²) in [7, 11) is 1.55. The lowest BCUT2D eigenvalue weighted by molar-refractivity contribution is 0.0731. The van der Waals surface area contributed by atoms with Crippen LogP contribution in [0.1, 0.15) is 21.5 Å². The molecule has 5 nitrogen and oxygen atoms in total. The highest BCUT2D eigenvalue weighted by Crippen LogP contribution is 2.33. The van der Waals surface area contributed by atoms with E-state index in [1.54, 1.807) is 44.4 Å². The number of hydrogen-bond acceptors (Lipinski definition) is 5. The zero-order valence-electron chi connectivity index (χ0n) is 17.2. The third-order valence-corrected chi connectivity index (χ3v) is 4.92. The zero-order valence-corrected chi connectivity index (χ0v) is 17.2. The molecule has 31 heavy (non-hydrogen) atoms. The van der Waals surface area contributed by atoms with Gasteiger partial charge in [0.25, 0.3) is 0 Å². The highest BCUT2D eigenvalue weighted by atomic mass is 19.1. The number of ether oxygens (including phenoxy) is 2. The number of halogens is 1. The van der Waals surface area contributed by atoms with Gasteiger partial charge < -0.3 is 13.9 Å². The van der Waals surface area contributed by atoms with Gasteiger partial charge in [-0.2, -0.15) is 0 Å². The molecular formula is C25H19FO5. The van der Waals surface area contributed by atoms with Crippen LogP contribution in [-0.2, 0) is 0 Å². The summed E-state index contributed by atoms with van der Waals surface area (Å²) < 4.78 is 30.0. The van der Waals surface area contributed by atoms with E-state index in [-0.39, 0.29) is 17.1 Å². The first-order valence-corrected chi connectivity index (χ1v) is 9.57. The molecule has 4 rings (SSSR count). The van der Waals surface area contributed by atoms with Crippen molar-refractivity contribution in [2.24, 2.45) is 0 Å². The van der Waals surface area contributed by atoms with Crippen molar-refractivity contribution in [2.45, 2.75) is 13.8 Å². The average molecular weight is 418 g/mol. The summed E-state index contributed by atoms with van der Waals surface area (Å²) in [6.45, 7) is 3.70. The van der Waals surface area contributed by atoms with Crippen molar-refractivity contribution < 1.29 is 23.1 Å². The Morgan fingerprint density at radius 1 is 0.968 bits per heavy atom. The standard InChI is InChI=1S/C25H19FO5/c1-14-12-15(2)21-20(13-14)30-23(16-6-10-19(29-3)11-7-16)24(22(21)27)31-25(28)17-4-8-18(26)9-5-17/h4-13H,1-3H3. The van der Waals surface area contributed by atoms with Crippen molar-refractivity contribution in [3.63, 3.8) is 0 Å². The first kappa shape index (κ1) is 20.3. The number of rotatable bonds is 4. The molecule has 1 heterocycles. The van der Waals surface area contributed by atoms with Crippen LogP contribution in [0.15, 0.2) is 69.9 Å². The summed E-state index contributed by atoms with van der Waals surface area (Å²) in [5, 5.41) is 0.338. The molecule has 1 aromatic heterocycles. The van der Waals surface area contributed by atoms with Gasteiger partial charge in [0.1, 0.15) is 17.1 Å². The quantitative estimate of drug-likeness (QED) is 0.413. The van der Waals surface area contributed by atoms with Gasteiger partial charge in [-0.1, -0.05) is 6.07 Å². The highest BCUT2D eigenvalue weighted by molar-refractivity contribution is 5.93. The largest absolute Gasteiger partial charge is 0.497 e. The maximum Gasteiger partial charge on any atom is 0.343 e. The second kappa shape index (κ2) is 8.07. The van der Waals surface area contributed by atoms with Gasteiger partial charge in [0, 0.05) is 5.56 Å². The minimum Gasteiger partial charge on any atom is -0.497 e. The molecule has 0 aliphatic rings. The van der Waals surface area contributed by atoms with Crippen LogP contribution in [0.5, 0.6) is 11.5 Å². The monoisotopic (exact) mass is 418 g/mol. The molecule has 0 bridgehead atoms. The summed E-state index contributed by atoms with van der Waals surface area (Å²) in [4.78, 5) is 26.1. The van der Waals surface area contributed by atoms with Crippen LogP contribution in [0.25, 0.3) is 22.3 Å². The predicted octanol–water partition coefficient (Wildman–Crippen LogP) is 5.44. The molecule has 0 N–H and O–H groups in total.